The number of pyridine rings is 1. The standard InChI is InChI=1S/C27H27N3O6S.2H2/c31-20-3-2-14-30(16-20)37(33,34)21-9-6-18(7-10-21)22-4-1-5-25(28-22)29-26(32)27(12-13-27)19-8-11-23-24(15-19)36-17-35-23;;/h1,4-11,15,20,31H,2-3,12-14,16-17H2,(H,28,29,32);2*1H. The third kappa shape index (κ3) is 4.45. The normalized spacial score (nSPS) is 20.4. The highest BCUT2D eigenvalue weighted by Gasteiger charge is 2.51. The molecule has 3 aromatic rings. The number of hydrogen-bond acceptors (Lipinski definition) is 7. The number of aliphatic hydroxyl groups is 1. The van der Waals surface area contributed by atoms with E-state index in [0.29, 0.717) is 42.4 Å². The van der Waals surface area contributed by atoms with Crippen LogP contribution in [0, 0.1) is 0 Å². The van der Waals surface area contributed by atoms with Gasteiger partial charge in [0.25, 0.3) is 0 Å². The third-order valence-electron chi connectivity index (χ3n) is 7.25. The van der Waals surface area contributed by atoms with Gasteiger partial charge in [-0.1, -0.05) is 24.3 Å². The van der Waals surface area contributed by atoms with Gasteiger partial charge in [-0.3, -0.25) is 4.79 Å². The van der Waals surface area contributed by atoms with Crippen LogP contribution in [-0.2, 0) is 20.2 Å². The maximum atomic E-state index is 13.3. The average Bonchev–Trinajstić information content (AvgIpc) is 3.59. The number of ether oxygens (including phenoxy) is 2. The highest BCUT2D eigenvalue weighted by molar-refractivity contribution is 7.89. The molecule has 0 bridgehead atoms. The van der Waals surface area contributed by atoms with Crippen molar-refractivity contribution in [3.05, 3.63) is 66.2 Å². The van der Waals surface area contributed by atoms with Crippen LogP contribution in [0.3, 0.4) is 0 Å². The lowest BCUT2D eigenvalue weighted by Gasteiger charge is -2.29. The van der Waals surface area contributed by atoms with Gasteiger partial charge >= 0.3 is 0 Å². The van der Waals surface area contributed by atoms with Gasteiger partial charge in [-0.2, -0.15) is 4.31 Å². The molecule has 0 radical (unpaired) electrons. The van der Waals surface area contributed by atoms with E-state index >= 15 is 0 Å². The van der Waals surface area contributed by atoms with Gasteiger partial charge in [-0.25, -0.2) is 13.4 Å². The number of aromatic nitrogens is 1. The molecule has 2 aliphatic heterocycles. The second-order valence-corrected chi connectivity index (χ2v) is 11.6. The summed E-state index contributed by atoms with van der Waals surface area (Å²) in [6.07, 6.45) is 2.09. The van der Waals surface area contributed by atoms with E-state index in [1.807, 2.05) is 24.3 Å². The van der Waals surface area contributed by atoms with Crippen molar-refractivity contribution in [3.63, 3.8) is 0 Å². The molecule has 10 heteroatoms. The number of anilines is 1. The van der Waals surface area contributed by atoms with Crippen LogP contribution in [0.25, 0.3) is 11.3 Å². The predicted octanol–water partition coefficient (Wildman–Crippen LogP) is 3.79. The first-order valence-corrected chi connectivity index (χ1v) is 13.8. The van der Waals surface area contributed by atoms with Gasteiger partial charge in [0.2, 0.25) is 22.7 Å². The molecule has 1 aromatic heterocycles. The van der Waals surface area contributed by atoms with Crippen molar-refractivity contribution >= 4 is 21.7 Å². The van der Waals surface area contributed by atoms with E-state index in [2.05, 4.69) is 10.3 Å². The monoisotopic (exact) mass is 525 g/mol. The number of β-amino-alcohol motifs (C(OH)–C–C–N with tert-alkyl or cyclic N) is 1. The minimum atomic E-state index is -3.68. The summed E-state index contributed by atoms with van der Waals surface area (Å²) in [6.45, 7) is 0.697. The van der Waals surface area contributed by atoms with Gasteiger partial charge in [-0.15, -0.1) is 0 Å². The number of rotatable bonds is 6. The fraction of sp³-hybridized carbons (Fsp3) is 0.333. The summed E-state index contributed by atoms with van der Waals surface area (Å²) in [5.41, 5.74) is 1.62. The fourth-order valence-electron chi connectivity index (χ4n) is 4.95. The molecule has 2 fully saturated rings. The zero-order chi connectivity index (χ0) is 25.6. The van der Waals surface area contributed by atoms with Crippen molar-refractivity contribution in [2.24, 2.45) is 0 Å². The van der Waals surface area contributed by atoms with Gasteiger partial charge in [0.1, 0.15) is 5.82 Å². The number of benzene rings is 2. The van der Waals surface area contributed by atoms with Crippen LogP contribution in [0.2, 0.25) is 0 Å². The molecule has 6 rings (SSSR count). The van der Waals surface area contributed by atoms with Gasteiger partial charge in [-0.05, 0) is 67.6 Å². The molecule has 3 heterocycles. The molecular formula is C27H31N3O6S. The maximum Gasteiger partial charge on any atom is 0.243 e. The van der Waals surface area contributed by atoms with E-state index in [9.17, 15) is 18.3 Å². The molecular weight excluding hydrogens is 494 g/mol. The Morgan fingerprint density at radius 1 is 1.08 bits per heavy atom. The van der Waals surface area contributed by atoms with E-state index in [-0.39, 0.29) is 27.0 Å². The summed E-state index contributed by atoms with van der Waals surface area (Å²) >= 11 is 0. The topological polar surface area (TPSA) is 118 Å². The highest BCUT2D eigenvalue weighted by Crippen LogP contribution is 2.51. The maximum absolute atomic E-state index is 13.3. The zero-order valence-corrected chi connectivity index (χ0v) is 20.9. The molecule has 3 aliphatic rings. The van der Waals surface area contributed by atoms with Crippen LogP contribution in [0.5, 0.6) is 11.5 Å². The van der Waals surface area contributed by atoms with Crippen molar-refractivity contribution in [2.75, 3.05) is 25.2 Å². The van der Waals surface area contributed by atoms with Crippen molar-refractivity contribution in [2.45, 2.75) is 42.1 Å². The molecule has 0 spiro atoms. The van der Waals surface area contributed by atoms with Gasteiger partial charge in [0.15, 0.2) is 11.5 Å². The van der Waals surface area contributed by atoms with Crippen molar-refractivity contribution in [1.29, 1.82) is 0 Å². The van der Waals surface area contributed by atoms with E-state index in [0.717, 1.165) is 24.0 Å². The Balaban J connectivity index is 0.00000176. The smallest absolute Gasteiger partial charge is 0.243 e. The Bertz CT molecular complexity index is 1460. The molecule has 1 atom stereocenters. The molecule has 1 unspecified atom stereocenters. The summed E-state index contributed by atoms with van der Waals surface area (Å²) in [5, 5.41) is 12.8. The van der Waals surface area contributed by atoms with Gasteiger partial charge in [0.05, 0.1) is 22.1 Å². The second-order valence-electron chi connectivity index (χ2n) is 9.70. The zero-order valence-electron chi connectivity index (χ0n) is 20.1. The summed E-state index contributed by atoms with van der Waals surface area (Å²) < 4.78 is 38.1. The second kappa shape index (κ2) is 9.13. The summed E-state index contributed by atoms with van der Waals surface area (Å²) in [4.78, 5) is 18.0. The van der Waals surface area contributed by atoms with Crippen LogP contribution < -0.4 is 14.8 Å². The first kappa shape index (κ1) is 23.9. The lowest BCUT2D eigenvalue weighted by Crippen LogP contribution is -2.42. The van der Waals surface area contributed by atoms with E-state index in [1.54, 1.807) is 36.4 Å². The number of amides is 1. The minimum absolute atomic E-state index is 0. The van der Waals surface area contributed by atoms with Crippen LogP contribution in [0.4, 0.5) is 5.82 Å². The number of hydrogen-bond donors (Lipinski definition) is 2. The quantitative estimate of drug-likeness (QED) is 0.503. The van der Waals surface area contributed by atoms with Crippen LogP contribution >= 0.6 is 0 Å². The first-order chi connectivity index (χ1) is 17.8. The van der Waals surface area contributed by atoms with Crippen molar-refractivity contribution in [3.8, 4) is 22.8 Å². The van der Waals surface area contributed by atoms with Gasteiger partial charge < -0.3 is 19.9 Å². The molecule has 2 N–H and O–H groups in total. The Morgan fingerprint density at radius 2 is 1.86 bits per heavy atom. The average molecular weight is 526 g/mol. The number of nitrogens with zero attached hydrogens (tertiary/aromatic N) is 2. The molecule has 37 heavy (non-hydrogen) atoms. The molecule has 9 nitrogen and oxygen atoms in total. The van der Waals surface area contributed by atoms with E-state index in [4.69, 9.17) is 9.47 Å². The van der Waals surface area contributed by atoms with E-state index in [1.165, 1.54) is 4.31 Å². The van der Waals surface area contributed by atoms with Crippen molar-refractivity contribution < 1.29 is 30.6 Å². The van der Waals surface area contributed by atoms with Crippen LogP contribution in [0.15, 0.2) is 65.6 Å². The lowest BCUT2D eigenvalue weighted by molar-refractivity contribution is -0.118. The van der Waals surface area contributed by atoms with Crippen LogP contribution in [-0.4, -0.2) is 54.7 Å². The Kier molecular flexibility index (Phi) is 5.89. The summed E-state index contributed by atoms with van der Waals surface area (Å²) in [5.74, 6) is 1.63. The number of aliphatic hydroxyl groups excluding tert-OH is 1. The molecule has 196 valence electrons. The molecule has 1 saturated heterocycles. The first-order valence-electron chi connectivity index (χ1n) is 12.3. The van der Waals surface area contributed by atoms with Gasteiger partial charge in [0, 0.05) is 21.5 Å². The lowest BCUT2D eigenvalue weighted by atomic mass is 9.94. The van der Waals surface area contributed by atoms with Crippen molar-refractivity contribution in [1.82, 2.24) is 9.29 Å². The minimum Gasteiger partial charge on any atom is -0.454 e. The molecule has 1 aliphatic carbocycles. The number of carbonyl (C=O) groups excluding carboxylic acids is 1. The van der Waals surface area contributed by atoms with Crippen LogP contribution in [0.1, 0.15) is 34.1 Å². The SMILES string of the molecule is O=C(Nc1cccc(-c2ccc(S(=O)(=O)N3CCCC(O)C3)cc2)n1)C1(c2ccc3c(c2)OCO3)CC1.[HH].[HH]. The Morgan fingerprint density at radius 3 is 2.62 bits per heavy atom. The summed E-state index contributed by atoms with van der Waals surface area (Å²) in [6, 6.07) is 17.5. The number of nitrogens with one attached hydrogen (secondary N) is 1. The Labute approximate surface area is 218 Å². The third-order valence-corrected chi connectivity index (χ3v) is 9.13. The summed E-state index contributed by atoms with van der Waals surface area (Å²) in [7, 11) is -3.68. The Hall–Kier alpha value is -3.47. The number of piperidine rings is 1. The highest BCUT2D eigenvalue weighted by atomic mass is 32.2. The molecule has 1 saturated carbocycles. The van der Waals surface area contributed by atoms with E-state index < -0.39 is 21.5 Å². The number of sulfonamides is 1. The predicted molar refractivity (Wildman–Crippen MR) is 140 cm³/mol. The number of carbonyl (C=O) groups is 1. The fourth-order valence-corrected chi connectivity index (χ4v) is 6.47. The molecule has 2 aromatic carbocycles. The number of fused-ring (bicyclic) bond motifs is 1. The molecule has 1 amide bonds. The largest absolute Gasteiger partial charge is 0.454 e.